The highest BCUT2D eigenvalue weighted by Gasteiger charge is 2.14. The van der Waals surface area contributed by atoms with Crippen LogP contribution in [0.15, 0.2) is 24.3 Å². The van der Waals surface area contributed by atoms with Crippen molar-refractivity contribution in [1.29, 1.82) is 0 Å². The van der Waals surface area contributed by atoms with Gasteiger partial charge in [-0.25, -0.2) is 0 Å². The minimum absolute atomic E-state index is 0.226. The molecule has 0 spiro atoms. The average molecular weight is 221 g/mol. The van der Waals surface area contributed by atoms with Crippen molar-refractivity contribution in [1.82, 2.24) is 0 Å². The summed E-state index contributed by atoms with van der Waals surface area (Å²) in [6.07, 6.45) is 0. The molecule has 0 aromatic heterocycles. The summed E-state index contributed by atoms with van der Waals surface area (Å²) in [7, 11) is 0. The summed E-state index contributed by atoms with van der Waals surface area (Å²) < 4.78 is 0. The molecule has 0 saturated heterocycles. The predicted molar refractivity (Wildman–Crippen MR) is 61.8 cm³/mol. The summed E-state index contributed by atoms with van der Waals surface area (Å²) in [5.74, 6) is -1.10. The fourth-order valence-electron chi connectivity index (χ4n) is 1.17. The Labute approximate surface area is 93.8 Å². The molecule has 2 amide bonds. The third kappa shape index (κ3) is 2.80. The van der Waals surface area contributed by atoms with Crippen molar-refractivity contribution in [2.75, 3.05) is 11.9 Å². The molecule has 0 aliphatic carbocycles. The Morgan fingerprint density at radius 3 is 2.56 bits per heavy atom. The average Bonchev–Trinajstić information content (AvgIpc) is 2.28. The minimum atomic E-state index is -0.573. The molecule has 1 atom stereocenters. The number of carbonyl (C=O) groups excluding carboxylic acids is 2. The van der Waals surface area contributed by atoms with E-state index in [0.717, 1.165) is 0 Å². The van der Waals surface area contributed by atoms with Crippen LogP contribution in [0.1, 0.15) is 17.3 Å². The van der Waals surface area contributed by atoms with Gasteiger partial charge in [-0.15, -0.1) is 0 Å². The van der Waals surface area contributed by atoms with Gasteiger partial charge in [0.1, 0.15) is 0 Å². The van der Waals surface area contributed by atoms with Crippen molar-refractivity contribution in [2.24, 2.45) is 17.4 Å². The van der Waals surface area contributed by atoms with Gasteiger partial charge in [0.15, 0.2) is 0 Å². The van der Waals surface area contributed by atoms with Crippen LogP contribution in [0.2, 0.25) is 0 Å². The minimum Gasteiger partial charge on any atom is -0.366 e. The first-order valence-corrected chi connectivity index (χ1v) is 4.96. The maximum Gasteiger partial charge on any atom is 0.250 e. The van der Waals surface area contributed by atoms with Crippen LogP contribution in [0, 0.1) is 5.92 Å². The van der Waals surface area contributed by atoms with E-state index in [-0.39, 0.29) is 18.4 Å². The van der Waals surface area contributed by atoms with E-state index < -0.39 is 5.91 Å². The van der Waals surface area contributed by atoms with E-state index in [1.54, 1.807) is 31.2 Å². The molecule has 0 bridgehead atoms. The van der Waals surface area contributed by atoms with Crippen molar-refractivity contribution < 1.29 is 9.59 Å². The third-order valence-corrected chi connectivity index (χ3v) is 2.25. The molecule has 86 valence electrons. The van der Waals surface area contributed by atoms with Crippen molar-refractivity contribution >= 4 is 17.5 Å². The van der Waals surface area contributed by atoms with Crippen LogP contribution in [0.25, 0.3) is 0 Å². The lowest BCUT2D eigenvalue weighted by Crippen LogP contribution is -2.27. The molecule has 5 nitrogen and oxygen atoms in total. The maximum atomic E-state index is 11.6. The van der Waals surface area contributed by atoms with Gasteiger partial charge in [-0.3, -0.25) is 9.59 Å². The van der Waals surface area contributed by atoms with E-state index in [1.165, 1.54) is 0 Å². The highest BCUT2D eigenvalue weighted by molar-refractivity contribution is 6.03. The second kappa shape index (κ2) is 5.27. The molecule has 1 aromatic carbocycles. The van der Waals surface area contributed by atoms with Gasteiger partial charge in [0, 0.05) is 12.5 Å². The molecule has 0 fully saturated rings. The zero-order chi connectivity index (χ0) is 12.1. The molecule has 5 N–H and O–H groups in total. The summed E-state index contributed by atoms with van der Waals surface area (Å²) in [6.45, 7) is 1.97. The van der Waals surface area contributed by atoms with E-state index >= 15 is 0 Å². The number of benzene rings is 1. The molecule has 16 heavy (non-hydrogen) atoms. The number of hydrogen-bond acceptors (Lipinski definition) is 3. The first-order chi connectivity index (χ1) is 7.56. The number of primary amides is 1. The van der Waals surface area contributed by atoms with Crippen LogP contribution in [0.3, 0.4) is 0 Å². The van der Waals surface area contributed by atoms with Gasteiger partial charge in [0.25, 0.3) is 5.91 Å². The van der Waals surface area contributed by atoms with E-state index in [1.807, 2.05) is 0 Å². The van der Waals surface area contributed by atoms with Crippen LogP contribution in [-0.4, -0.2) is 18.4 Å². The Hall–Kier alpha value is -1.88. The Balaban J connectivity index is 2.89. The normalized spacial score (nSPS) is 11.9. The number of nitrogens with one attached hydrogen (secondary N) is 1. The zero-order valence-electron chi connectivity index (χ0n) is 9.07. The topological polar surface area (TPSA) is 98.2 Å². The summed E-state index contributed by atoms with van der Waals surface area (Å²) >= 11 is 0. The SMILES string of the molecule is CC(CN)C(=O)Nc1ccccc1C(N)=O. The van der Waals surface area contributed by atoms with Crippen molar-refractivity contribution in [3.63, 3.8) is 0 Å². The highest BCUT2D eigenvalue weighted by Crippen LogP contribution is 2.15. The molecule has 0 saturated carbocycles. The largest absolute Gasteiger partial charge is 0.366 e. The van der Waals surface area contributed by atoms with E-state index in [9.17, 15) is 9.59 Å². The Bertz CT molecular complexity index is 404. The van der Waals surface area contributed by atoms with Crippen molar-refractivity contribution in [2.45, 2.75) is 6.92 Å². The Morgan fingerprint density at radius 2 is 2.00 bits per heavy atom. The zero-order valence-corrected chi connectivity index (χ0v) is 9.07. The number of hydrogen-bond donors (Lipinski definition) is 3. The van der Waals surface area contributed by atoms with Gasteiger partial charge in [0.05, 0.1) is 11.3 Å². The van der Waals surface area contributed by atoms with Gasteiger partial charge >= 0.3 is 0 Å². The third-order valence-electron chi connectivity index (χ3n) is 2.25. The van der Waals surface area contributed by atoms with Gasteiger partial charge in [-0.2, -0.15) is 0 Å². The summed E-state index contributed by atoms with van der Waals surface area (Å²) in [5, 5.41) is 2.62. The number of amides is 2. The first kappa shape index (κ1) is 12.2. The van der Waals surface area contributed by atoms with E-state index in [2.05, 4.69) is 5.32 Å². The summed E-state index contributed by atoms with van der Waals surface area (Å²) in [4.78, 5) is 22.7. The lowest BCUT2D eigenvalue weighted by molar-refractivity contribution is -0.119. The smallest absolute Gasteiger partial charge is 0.250 e. The lowest BCUT2D eigenvalue weighted by atomic mass is 10.1. The van der Waals surface area contributed by atoms with Crippen molar-refractivity contribution in [3.05, 3.63) is 29.8 Å². The fourth-order valence-corrected chi connectivity index (χ4v) is 1.17. The number of nitrogens with two attached hydrogens (primary N) is 2. The number of para-hydroxylation sites is 1. The quantitative estimate of drug-likeness (QED) is 0.682. The molecule has 0 aliphatic heterocycles. The van der Waals surface area contributed by atoms with E-state index in [0.29, 0.717) is 11.3 Å². The van der Waals surface area contributed by atoms with Crippen LogP contribution in [0.4, 0.5) is 5.69 Å². The number of carbonyl (C=O) groups is 2. The monoisotopic (exact) mass is 221 g/mol. The first-order valence-electron chi connectivity index (χ1n) is 4.96. The van der Waals surface area contributed by atoms with Gasteiger partial charge in [-0.1, -0.05) is 19.1 Å². The molecule has 1 rings (SSSR count). The Morgan fingerprint density at radius 1 is 1.38 bits per heavy atom. The molecule has 1 unspecified atom stereocenters. The second-order valence-corrected chi connectivity index (χ2v) is 3.54. The van der Waals surface area contributed by atoms with Crippen molar-refractivity contribution in [3.8, 4) is 0 Å². The molecule has 0 radical (unpaired) electrons. The van der Waals surface area contributed by atoms with Gasteiger partial charge < -0.3 is 16.8 Å². The lowest BCUT2D eigenvalue weighted by Gasteiger charge is -2.11. The standard InChI is InChI=1S/C11H15N3O2/c1-7(6-12)11(16)14-9-5-3-2-4-8(9)10(13)15/h2-5,7H,6,12H2,1H3,(H2,13,15)(H,14,16). The summed E-state index contributed by atoms with van der Waals surface area (Å²) in [6, 6.07) is 6.59. The maximum absolute atomic E-state index is 11.6. The van der Waals surface area contributed by atoms with E-state index in [4.69, 9.17) is 11.5 Å². The Kier molecular flexibility index (Phi) is 4.02. The highest BCUT2D eigenvalue weighted by atomic mass is 16.2. The number of anilines is 1. The second-order valence-electron chi connectivity index (χ2n) is 3.54. The van der Waals surface area contributed by atoms with Gasteiger partial charge in [-0.05, 0) is 12.1 Å². The molecular weight excluding hydrogens is 206 g/mol. The molecule has 0 aliphatic rings. The molecule has 0 heterocycles. The van der Waals surface area contributed by atoms with Crippen LogP contribution in [0.5, 0.6) is 0 Å². The number of rotatable bonds is 4. The molecular formula is C11H15N3O2. The molecule has 5 heteroatoms. The summed E-state index contributed by atoms with van der Waals surface area (Å²) in [5.41, 5.74) is 11.3. The fraction of sp³-hybridized carbons (Fsp3) is 0.273. The van der Waals surface area contributed by atoms with Crippen LogP contribution >= 0.6 is 0 Å². The molecule has 1 aromatic rings. The van der Waals surface area contributed by atoms with Crippen LogP contribution < -0.4 is 16.8 Å². The predicted octanol–water partition coefficient (Wildman–Crippen LogP) is 0.319. The van der Waals surface area contributed by atoms with Crippen LogP contribution in [-0.2, 0) is 4.79 Å². The van der Waals surface area contributed by atoms with Gasteiger partial charge in [0.2, 0.25) is 5.91 Å².